The van der Waals surface area contributed by atoms with Gasteiger partial charge in [-0.3, -0.25) is 0 Å². The Balaban J connectivity index is 1.95. The number of hydrogen-bond donors (Lipinski definition) is 1. The molecule has 1 N–H and O–H groups in total. The maximum atomic E-state index is 6.04. The van der Waals surface area contributed by atoms with Crippen LogP contribution < -0.4 is 5.32 Å². The molecule has 0 amide bonds. The first kappa shape index (κ1) is 12.1. The van der Waals surface area contributed by atoms with Crippen LogP contribution in [0.25, 0.3) is 0 Å². The van der Waals surface area contributed by atoms with Crippen molar-refractivity contribution in [2.75, 3.05) is 26.4 Å². The van der Waals surface area contributed by atoms with Crippen molar-refractivity contribution < 1.29 is 9.47 Å². The Morgan fingerprint density at radius 3 is 3.11 bits per heavy atom. The molecule has 3 heterocycles. The van der Waals surface area contributed by atoms with Crippen molar-refractivity contribution in [3.8, 4) is 0 Å². The van der Waals surface area contributed by atoms with Crippen LogP contribution in [0.1, 0.15) is 38.0 Å². The van der Waals surface area contributed by atoms with Gasteiger partial charge in [0.1, 0.15) is 5.60 Å². The SMILES string of the molecule is CC(C)n1nncc1C1NCCOC12CCOC2. The number of ether oxygens (including phenoxy) is 2. The monoisotopic (exact) mass is 252 g/mol. The summed E-state index contributed by atoms with van der Waals surface area (Å²) >= 11 is 0. The highest BCUT2D eigenvalue weighted by Crippen LogP contribution is 2.38. The van der Waals surface area contributed by atoms with Crippen LogP contribution in [0.5, 0.6) is 0 Å². The molecule has 2 aliphatic heterocycles. The fourth-order valence-corrected chi connectivity index (χ4v) is 2.86. The predicted octanol–water partition coefficient (Wildman–Crippen LogP) is 0.679. The normalized spacial score (nSPS) is 32.5. The van der Waals surface area contributed by atoms with E-state index in [1.807, 2.05) is 10.9 Å². The quantitative estimate of drug-likeness (QED) is 0.838. The van der Waals surface area contributed by atoms with E-state index in [1.165, 1.54) is 0 Å². The highest BCUT2D eigenvalue weighted by Gasteiger charge is 2.47. The summed E-state index contributed by atoms with van der Waals surface area (Å²) in [6.45, 7) is 7.23. The molecule has 0 radical (unpaired) electrons. The van der Waals surface area contributed by atoms with Crippen LogP contribution in [0.2, 0.25) is 0 Å². The molecule has 1 aromatic rings. The van der Waals surface area contributed by atoms with E-state index in [2.05, 4.69) is 29.5 Å². The Kier molecular flexibility index (Phi) is 3.09. The van der Waals surface area contributed by atoms with Gasteiger partial charge in [0.15, 0.2) is 0 Å². The van der Waals surface area contributed by atoms with E-state index in [-0.39, 0.29) is 11.6 Å². The first-order valence-electron chi connectivity index (χ1n) is 6.58. The summed E-state index contributed by atoms with van der Waals surface area (Å²) in [4.78, 5) is 0. The first-order valence-corrected chi connectivity index (χ1v) is 6.58. The van der Waals surface area contributed by atoms with Crippen molar-refractivity contribution in [2.24, 2.45) is 0 Å². The number of nitrogens with zero attached hydrogens (tertiary/aromatic N) is 3. The molecule has 2 unspecified atom stereocenters. The van der Waals surface area contributed by atoms with Gasteiger partial charge < -0.3 is 14.8 Å². The zero-order chi connectivity index (χ0) is 12.6. The van der Waals surface area contributed by atoms with Gasteiger partial charge in [0.05, 0.1) is 31.1 Å². The lowest BCUT2D eigenvalue weighted by Gasteiger charge is -2.40. The van der Waals surface area contributed by atoms with Crippen molar-refractivity contribution in [3.05, 3.63) is 11.9 Å². The minimum atomic E-state index is -0.243. The van der Waals surface area contributed by atoms with Crippen LogP contribution in [0.4, 0.5) is 0 Å². The third-order valence-corrected chi connectivity index (χ3v) is 3.77. The molecule has 3 rings (SSSR count). The standard InChI is InChI=1S/C12H20N4O2/c1-9(2)16-10(7-14-15-16)11-12(3-5-17-8-12)18-6-4-13-11/h7,9,11,13H,3-6,8H2,1-2H3. The van der Waals surface area contributed by atoms with Crippen molar-refractivity contribution in [1.82, 2.24) is 20.3 Å². The molecule has 2 saturated heterocycles. The van der Waals surface area contributed by atoms with E-state index >= 15 is 0 Å². The van der Waals surface area contributed by atoms with Crippen molar-refractivity contribution in [1.29, 1.82) is 0 Å². The van der Waals surface area contributed by atoms with E-state index in [9.17, 15) is 0 Å². The van der Waals surface area contributed by atoms with E-state index in [4.69, 9.17) is 9.47 Å². The van der Waals surface area contributed by atoms with Crippen LogP contribution in [0, 0.1) is 0 Å². The summed E-state index contributed by atoms with van der Waals surface area (Å²) in [5.74, 6) is 0. The summed E-state index contributed by atoms with van der Waals surface area (Å²) in [6.07, 6.45) is 2.76. The van der Waals surface area contributed by atoms with E-state index in [0.717, 1.165) is 31.9 Å². The Hall–Kier alpha value is -0.980. The summed E-state index contributed by atoms with van der Waals surface area (Å²) in [5.41, 5.74) is 0.849. The molecule has 18 heavy (non-hydrogen) atoms. The summed E-state index contributed by atoms with van der Waals surface area (Å²) < 4.78 is 13.6. The molecule has 6 nitrogen and oxygen atoms in total. The zero-order valence-corrected chi connectivity index (χ0v) is 10.9. The Labute approximate surface area is 107 Å². The Morgan fingerprint density at radius 1 is 1.50 bits per heavy atom. The Morgan fingerprint density at radius 2 is 2.39 bits per heavy atom. The van der Waals surface area contributed by atoms with Crippen molar-refractivity contribution >= 4 is 0 Å². The molecule has 0 aromatic carbocycles. The molecule has 2 fully saturated rings. The fourth-order valence-electron chi connectivity index (χ4n) is 2.86. The van der Waals surface area contributed by atoms with Crippen molar-refractivity contribution in [2.45, 2.75) is 38.0 Å². The number of rotatable bonds is 2. The maximum Gasteiger partial charge on any atom is 0.115 e. The molecule has 1 spiro atoms. The molecular formula is C12H20N4O2. The fraction of sp³-hybridized carbons (Fsp3) is 0.833. The van der Waals surface area contributed by atoms with Crippen LogP contribution >= 0.6 is 0 Å². The second-order valence-corrected chi connectivity index (χ2v) is 5.30. The second kappa shape index (κ2) is 4.60. The van der Waals surface area contributed by atoms with Gasteiger partial charge in [-0.05, 0) is 13.8 Å². The molecule has 1 aromatic heterocycles. The highest BCUT2D eigenvalue weighted by atomic mass is 16.6. The van der Waals surface area contributed by atoms with E-state index in [0.29, 0.717) is 12.6 Å². The molecule has 0 aliphatic carbocycles. The zero-order valence-electron chi connectivity index (χ0n) is 10.9. The Bertz CT molecular complexity index is 412. The van der Waals surface area contributed by atoms with Crippen LogP contribution in [-0.4, -0.2) is 47.0 Å². The average molecular weight is 252 g/mol. The molecular weight excluding hydrogens is 232 g/mol. The van der Waals surface area contributed by atoms with Gasteiger partial charge in [-0.15, -0.1) is 5.10 Å². The lowest BCUT2D eigenvalue weighted by atomic mass is 9.89. The number of morpholine rings is 1. The minimum absolute atomic E-state index is 0.117. The molecule has 0 saturated carbocycles. The molecule has 0 bridgehead atoms. The third-order valence-electron chi connectivity index (χ3n) is 3.77. The van der Waals surface area contributed by atoms with E-state index in [1.54, 1.807) is 0 Å². The van der Waals surface area contributed by atoms with Crippen LogP contribution in [-0.2, 0) is 9.47 Å². The van der Waals surface area contributed by atoms with Crippen LogP contribution in [0.15, 0.2) is 6.20 Å². The summed E-state index contributed by atoms with van der Waals surface area (Å²) in [7, 11) is 0. The van der Waals surface area contributed by atoms with Gasteiger partial charge in [0.2, 0.25) is 0 Å². The summed E-state index contributed by atoms with van der Waals surface area (Å²) in [5, 5.41) is 11.8. The van der Waals surface area contributed by atoms with Gasteiger partial charge in [0, 0.05) is 25.6 Å². The van der Waals surface area contributed by atoms with Gasteiger partial charge in [-0.25, -0.2) is 4.68 Å². The van der Waals surface area contributed by atoms with Gasteiger partial charge >= 0.3 is 0 Å². The van der Waals surface area contributed by atoms with Gasteiger partial charge in [-0.2, -0.15) is 0 Å². The second-order valence-electron chi connectivity index (χ2n) is 5.30. The largest absolute Gasteiger partial charge is 0.378 e. The summed E-state index contributed by atoms with van der Waals surface area (Å²) in [6, 6.07) is 0.414. The third kappa shape index (κ3) is 1.84. The lowest BCUT2D eigenvalue weighted by Crippen LogP contribution is -2.53. The van der Waals surface area contributed by atoms with E-state index < -0.39 is 0 Å². The molecule has 100 valence electrons. The molecule has 6 heteroatoms. The highest BCUT2D eigenvalue weighted by molar-refractivity contribution is 5.14. The number of aromatic nitrogens is 3. The van der Waals surface area contributed by atoms with Crippen molar-refractivity contribution in [3.63, 3.8) is 0 Å². The minimum Gasteiger partial charge on any atom is -0.378 e. The smallest absolute Gasteiger partial charge is 0.115 e. The first-order chi connectivity index (χ1) is 8.73. The number of hydrogen-bond acceptors (Lipinski definition) is 5. The predicted molar refractivity (Wildman–Crippen MR) is 65.3 cm³/mol. The molecule has 2 atom stereocenters. The molecule has 2 aliphatic rings. The topological polar surface area (TPSA) is 61.2 Å². The lowest BCUT2D eigenvalue weighted by molar-refractivity contribution is -0.101. The maximum absolute atomic E-state index is 6.04. The van der Waals surface area contributed by atoms with Gasteiger partial charge in [-0.1, -0.05) is 5.21 Å². The number of nitrogens with one attached hydrogen (secondary N) is 1. The van der Waals surface area contributed by atoms with Crippen LogP contribution in [0.3, 0.4) is 0 Å². The van der Waals surface area contributed by atoms with Gasteiger partial charge in [0.25, 0.3) is 0 Å². The average Bonchev–Trinajstić information content (AvgIpc) is 2.99.